The zero-order valence-corrected chi connectivity index (χ0v) is 20.5. The Hall–Kier alpha value is -2.25. The standard InChI is InChI=1S/C27H33ClFNO4/c1-3-33-27(32)13-11-21-7-4-5-9-24(21)19(2)34-18-23(31)17-30-14-6-8-22(30)15-20-10-12-25(28)26(29)16-20/h4-5,7,9-13,16,19,22-23,31H,3,6,8,14-15,17-18H2,1-2H3/b13-11+/t19-,22+,23-/m1/s1. The van der Waals surface area contributed by atoms with Gasteiger partial charge in [0.15, 0.2) is 0 Å². The van der Waals surface area contributed by atoms with Crippen molar-refractivity contribution in [2.45, 2.75) is 51.4 Å². The highest BCUT2D eigenvalue weighted by Crippen LogP contribution is 2.25. The summed E-state index contributed by atoms with van der Waals surface area (Å²) in [4.78, 5) is 13.9. The molecule has 3 rings (SSSR count). The van der Waals surface area contributed by atoms with Gasteiger partial charge in [0.2, 0.25) is 0 Å². The maximum absolute atomic E-state index is 13.8. The molecule has 0 saturated carbocycles. The third kappa shape index (κ3) is 7.64. The number of carbonyl (C=O) groups is 1. The van der Waals surface area contributed by atoms with Gasteiger partial charge in [-0.05, 0) is 74.6 Å². The van der Waals surface area contributed by atoms with E-state index < -0.39 is 11.9 Å². The zero-order chi connectivity index (χ0) is 24.5. The first-order valence-electron chi connectivity index (χ1n) is 11.8. The van der Waals surface area contributed by atoms with E-state index in [1.54, 1.807) is 19.1 Å². The number of likely N-dealkylation sites (tertiary alicyclic amines) is 1. The molecule has 0 aliphatic carbocycles. The quantitative estimate of drug-likeness (QED) is 0.347. The Bertz CT molecular complexity index is 983. The SMILES string of the molecule is CCOC(=O)/C=C/c1ccccc1[C@@H](C)OC[C@H](O)CN1CCC[C@H]1Cc1ccc(Cl)c(F)c1. The lowest BCUT2D eigenvalue weighted by Gasteiger charge is -2.27. The summed E-state index contributed by atoms with van der Waals surface area (Å²) in [5.41, 5.74) is 2.71. The third-order valence-corrected chi connectivity index (χ3v) is 6.36. The number of benzene rings is 2. The molecule has 1 N–H and O–H groups in total. The van der Waals surface area contributed by atoms with Crippen molar-refractivity contribution in [3.05, 3.63) is 76.1 Å². The molecule has 5 nitrogen and oxygen atoms in total. The van der Waals surface area contributed by atoms with Crippen LogP contribution < -0.4 is 0 Å². The van der Waals surface area contributed by atoms with E-state index in [0.717, 1.165) is 42.5 Å². The van der Waals surface area contributed by atoms with Crippen LogP contribution in [-0.4, -0.2) is 54.4 Å². The minimum atomic E-state index is -0.646. The van der Waals surface area contributed by atoms with Crippen molar-refractivity contribution in [1.29, 1.82) is 0 Å². The van der Waals surface area contributed by atoms with Crippen LogP contribution in [0.25, 0.3) is 6.08 Å². The number of ether oxygens (including phenoxy) is 2. The maximum Gasteiger partial charge on any atom is 0.330 e. The van der Waals surface area contributed by atoms with E-state index in [1.807, 2.05) is 37.3 Å². The molecule has 1 heterocycles. The van der Waals surface area contributed by atoms with E-state index >= 15 is 0 Å². The van der Waals surface area contributed by atoms with Crippen LogP contribution in [0.3, 0.4) is 0 Å². The highest BCUT2D eigenvalue weighted by Gasteiger charge is 2.27. The second kappa shape index (κ2) is 13.0. The Labute approximate surface area is 206 Å². The molecule has 1 fully saturated rings. The summed E-state index contributed by atoms with van der Waals surface area (Å²) in [7, 11) is 0. The van der Waals surface area contributed by atoms with Gasteiger partial charge in [0, 0.05) is 18.7 Å². The summed E-state index contributed by atoms with van der Waals surface area (Å²) < 4.78 is 24.7. The van der Waals surface area contributed by atoms with Crippen molar-refractivity contribution in [3.8, 4) is 0 Å². The zero-order valence-electron chi connectivity index (χ0n) is 19.8. The molecule has 7 heteroatoms. The van der Waals surface area contributed by atoms with E-state index in [-0.39, 0.29) is 29.7 Å². The Morgan fingerprint density at radius 1 is 1.32 bits per heavy atom. The van der Waals surface area contributed by atoms with Crippen LogP contribution in [0.4, 0.5) is 4.39 Å². The first-order valence-corrected chi connectivity index (χ1v) is 12.2. The van der Waals surface area contributed by atoms with Gasteiger partial charge in [-0.3, -0.25) is 4.90 Å². The van der Waals surface area contributed by atoms with Crippen LogP contribution in [0, 0.1) is 5.82 Å². The minimum absolute atomic E-state index is 0.131. The van der Waals surface area contributed by atoms with E-state index in [0.29, 0.717) is 13.2 Å². The molecule has 0 unspecified atom stereocenters. The van der Waals surface area contributed by atoms with E-state index in [1.165, 1.54) is 12.1 Å². The van der Waals surface area contributed by atoms with E-state index in [4.69, 9.17) is 21.1 Å². The number of halogens is 2. The fourth-order valence-electron chi connectivity index (χ4n) is 4.36. The molecular formula is C27H33ClFNO4. The van der Waals surface area contributed by atoms with Crippen LogP contribution in [0.2, 0.25) is 5.02 Å². The second-order valence-corrected chi connectivity index (χ2v) is 8.99. The lowest BCUT2D eigenvalue weighted by Crippen LogP contribution is -2.39. The molecule has 1 saturated heterocycles. The summed E-state index contributed by atoms with van der Waals surface area (Å²) in [5, 5.41) is 10.8. The highest BCUT2D eigenvalue weighted by atomic mass is 35.5. The number of rotatable bonds is 11. The molecule has 0 aromatic heterocycles. The number of esters is 1. The minimum Gasteiger partial charge on any atom is -0.463 e. The molecule has 1 aliphatic heterocycles. The largest absolute Gasteiger partial charge is 0.463 e. The number of aliphatic hydroxyl groups excluding tert-OH is 1. The van der Waals surface area contributed by atoms with Gasteiger partial charge in [-0.1, -0.05) is 41.9 Å². The Balaban J connectivity index is 1.53. The van der Waals surface area contributed by atoms with Crippen LogP contribution in [0.5, 0.6) is 0 Å². The van der Waals surface area contributed by atoms with Crippen LogP contribution in [0.1, 0.15) is 49.5 Å². The van der Waals surface area contributed by atoms with Crippen LogP contribution in [-0.2, 0) is 20.7 Å². The number of nitrogens with zero attached hydrogens (tertiary/aromatic N) is 1. The number of aliphatic hydroxyl groups is 1. The number of hydrogen-bond acceptors (Lipinski definition) is 5. The Morgan fingerprint density at radius 2 is 2.12 bits per heavy atom. The van der Waals surface area contributed by atoms with Gasteiger partial charge >= 0.3 is 5.97 Å². The van der Waals surface area contributed by atoms with Gasteiger partial charge in [0.05, 0.1) is 30.4 Å². The lowest BCUT2D eigenvalue weighted by molar-refractivity contribution is -0.137. The predicted molar refractivity (Wildman–Crippen MR) is 132 cm³/mol. The molecule has 2 aromatic carbocycles. The molecule has 0 radical (unpaired) electrons. The monoisotopic (exact) mass is 489 g/mol. The van der Waals surface area contributed by atoms with Crippen molar-refractivity contribution in [1.82, 2.24) is 4.90 Å². The summed E-state index contributed by atoms with van der Waals surface area (Å²) in [6, 6.07) is 12.9. The van der Waals surface area contributed by atoms with Gasteiger partial charge < -0.3 is 14.6 Å². The van der Waals surface area contributed by atoms with Crippen molar-refractivity contribution in [2.75, 3.05) is 26.3 Å². The van der Waals surface area contributed by atoms with Crippen molar-refractivity contribution >= 4 is 23.6 Å². The topological polar surface area (TPSA) is 59.0 Å². The van der Waals surface area contributed by atoms with Gasteiger partial charge in [0.1, 0.15) is 5.82 Å². The first kappa shape index (κ1) is 26.4. The number of β-amino-alcohol motifs (C(OH)–C–C–N with tert-alkyl or cyclic N) is 1. The van der Waals surface area contributed by atoms with Crippen molar-refractivity contribution in [3.63, 3.8) is 0 Å². The fraction of sp³-hybridized carbons (Fsp3) is 0.444. The van der Waals surface area contributed by atoms with Crippen molar-refractivity contribution in [2.24, 2.45) is 0 Å². The van der Waals surface area contributed by atoms with Gasteiger partial charge in [0.25, 0.3) is 0 Å². The van der Waals surface area contributed by atoms with Gasteiger partial charge in [-0.2, -0.15) is 0 Å². The molecule has 2 aromatic rings. The molecular weight excluding hydrogens is 457 g/mol. The van der Waals surface area contributed by atoms with Crippen LogP contribution >= 0.6 is 11.6 Å². The summed E-state index contributed by atoms with van der Waals surface area (Å²) in [5.74, 6) is -0.786. The molecule has 1 aliphatic rings. The molecule has 3 atom stereocenters. The second-order valence-electron chi connectivity index (χ2n) is 8.59. The summed E-state index contributed by atoms with van der Waals surface area (Å²) >= 11 is 5.80. The highest BCUT2D eigenvalue weighted by molar-refractivity contribution is 6.30. The van der Waals surface area contributed by atoms with Gasteiger partial charge in [-0.15, -0.1) is 0 Å². The molecule has 34 heavy (non-hydrogen) atoms. The Morgan fingerprint density at radius 3 is 2.88 bits per heavy atom. The smallest absolute Gasteiger partial charge is 0.330 e. The molecule has 184 valence electrons. The molecule has 0 spiro atoms. The van der Waals surface area contributed by atoms with Crippen molar-refractivity contribution < 1.29 is 23.8 Å². The maximum atomic E-state index is 13.8. The summed E-state index contributed by atoms with van der Waals surface area (Å²) in [6.45, 7) is 5.61. The third-order valence-electron chi connectivity index (χ3n) is 6.06. The average molecular weight is 490 g/mol. The summed E-state index contributed by atoms with van der Waals surface area (Å²) in [6.07, 6.45) is 5.00. The molecule has 0 amide bonds. The normalized spacial score (nSPS) is 18.3. The van der Waals surface area contributed by atoms with E-state index in [2.05, 4.69) is 4.90 Å². The average Bonchev–Trinajstić information content (AvgIpc) is 3.25. The Kier molecular flexibility index (Phi) is 10.1. The number of carbonyl (C=O) groups excluding carboxylic acids is 1. The fourth-order valence-corrected chi connectivity index (χ4v) is 4.47. The number of hydrogen-bond donors (Lipinski definition) is 1. The predicted octanol–water partition coefficient (Wildman–Crippen LogP) is 5.20. The first-order chi connectivity index (χ1) is 16.4. The van der Waals surface area contributed by atoms with Crippen LogP contribution in [0.15, 0.2) is 48.5 Å². The van der Waals surface area contributed by atoms with Gasteiger partial charge in [-0.25, -0.2) is 9.18 Å². The molecule has 0 bridgehead atoms. The van der Waals surface area contributed by atoms with E-state index in [9.17, 15) is 14.3 Å². The lowest BCUT2D eigenvalue weighted by atomic mass is 10.0.